The molecule has 0 spiro atoms. The molecular formula is C15H28OSi. The molecule has 0 amide bonds. The second kappa shape index (κ2) is 4.78. The Hall–Kier alpha value is -0.263. The van der Waals surface area contributed by atoms with E-state index in [4.69, 9.17) is 10.8 Å². The van der Waals surface area contributed by atoms with E-state index in [0.717, 1.165) is 0 Å². The van der Waals surface area contributed by atoms with Gasteiger partial charge in [0, 0.05) is 0 Å². The van der Waals surface area contributed by atoms with E-state index in [1.807, 2.05) is 0 Å². The lowest BCUT2D eigenvalue weighted by Crippen LogP contribution is -2.50. The van der Waals surface area contributed by atoms with Crippen molar-refractivity contribution in [3.63, 3.8) is 0 Å². The van der Waals surface area contributed by atoms with Crippen molar-refractivity contribution in [2.45, 2.75) is 77.1 Å². The molecule has 2 heteroatoms. The lowest BCUT2D eigenvalue weighted by atomic mass is 9.89. The van der Waals surface area contributed by atoms with Gasteiger partial charge in [0.1, 0.15) is 5.60 Å². The van der Waals surface area contributed by atoms with Crippen molar-refractivity contribution in [3.05, 3.63) is 0 Å². The molecule has 0 aromatic rings. The molecule has 17 heavy (non-hydrogen) atoms. The largest absolute Gasteiger partial charge is 0.401 e. The summed E-state index contributed by atoms with van der Waals surface area (Å²) in [4.78, 5) is 0. The minimum absolute atomic E-state index is 0.226. The highest BCUT2D eigenvalue weighted by molar-refractivity contribution is 6.74. The van der Waals surface area contributed by atoms with E-state index in [2.05, 4.69) is 46.7 Å². The predicted octanol–water partition coefficient (Wildman–Crippen LogP) is 4.59. The summed E-state index contributed by atoms with van der Waals surface area (Å²) in [6.07, 6.45) is 10.9. The fourth-order valence-corrected chi connectivity index (χ4v) is 3.98. The van der Waals surface area contributed by atoms with Gasteiger partial charge in [0.2, 0.25) is 0 Å². The zero-order valence-electron chi connectivity index (χ0n) is 12.4. The molecular weight excluding hydrogens is 224 g/mol. The first-order valence-corrected chi connectivity index (χ1v) is 9.71. The highest BCUT2D eigenvalue weighted by Crippen LogP contribution is 2.43. The molecule has 0 heterocycles. The maximum absolute atomic E-state index is 6.53. The molecule has 1 nitrogen and oxygen atoms in total. The Kier molecular flexibility index (Phi) is 4.16. The summed E-state index contributed by atoms with van der Waals surface area (Å²) in [6, 6.07) is 0. The fraction of sp³-hybridized carbons (Fsp3) is 0.867. The summed E-state index contributed by atoms with van der Waals surface area (Å²) in [5, 5.41) is 0.226. The topological polar surface area (TPSA) is 9.23 Å². The molecule has 0 aliphatic heterocycles. The van der Waals surface area contributed by atoms with Gasteiger partial charge in [-0.1, -0.05) is 39.5 Å². The third kappa shape index (κ3) is 3.14. The Balaban J connectivity index is 2.86. The summed E-state index contributed by atoms with van der Waals surface area (Å²) < 4.78 is 6.53. The first-order valence-electron chi connectivity index (χ1n) is 6.80. The highest BCUT2D eigenvalue weighted by atomic mass is 28.4. The van der Waals surface area contributed by atoms with Crippen LogP contribution in [0.15, 0.2) is 0 Å². The van der Waals surface area contributed by atoms with Crippen LogP contribution in [-0.2, 0) is 4.43 Å². The third-order valence-corrected chi connectivity index (χ3v) is 9.24. The minimum Gasteiger partial charge on any atom is -0.401 e. The second-order valence-corrected chi connectivity index (χ2v) is 11.8. The summed E-state index contributed by atoms with van der Waals surface area (Å²) >= 11 is 0. The molecule has 1 fully saturated rings. The van der Waals surface area contributed by atoms with Crippen molar-refractivity contribution in [2.24, 2.45) is 5.92 Å². The average molecular weight is 252 g/mol. The van der Waals surface area contributed by atoms with Gasteiger partial charge in [-0.05, 0) is 43.8 Å². The maximum atomic E-state index is 6.53. The van der Waals surface area contributed by atoms with E-state index < -0.39 is 8.32 Å². The Morgan fingerprint density at radius 1 is 1.12 bits per heavy atom. The molecule has 1 atom stereocenters. The van der Waals surface area contributed by atoms with Crippen LogP contribution in [0.4, 0.5) is 0 Å². The van der Waals surface area contributed by atoms with E-state index in [1.165, 1.54) is 25.7 Å². The summed E-state index contributed by atoms with van der Waals surface area (Å²) in [5.41, 5.74) is -0.348. The van der Waals surface area contributed by atoms with Crippen molar-refractivity contribution in [2.75, 3.05) is 0 Å². The minimum atomic E-state index is -1.77. The number of terminal acetylenes is 1. The molecule has 0 N–H and O–H groups in total. The Morgan fingerprint density at radius 3 is 1.94 bits per heavy atom. The van der Waals surface area contributed by atoms with Crippen LogP contribution in [0.3, 0.4) is 0 Å². The fourth-order valence-electron chi connectivity index (χ4n) is 2.39. The Labute approximate surface area is 108 Å². The quantitative estimate of drug-likeness (QED) is 0.527. The molecule has 1 saturated carbocycles. The average Bonchev–Trinajstić information content (AvgIpc) is 2.68. The van der Waals surface area contributed by atoms with Crippen LogP contribution >= 0.6 is 0 Å². The molecule has 0 radical (unpaired) electrons. The summed E-state index contributed by atoms with van der Waals surface area (Å²) in [5.74, 6) is 3.52. The van der Waals surface area contributed by atoms with Crippen molar-refractivity contribution >= 4 is 8.32 Å². The lowest BCUT2D eigenvalue weighted by Gasteiger charge is -2.44. The molecule has 1 aliphatic rings. The highest BCUT2D eigenvalue weighted by Gasteiger charge is 2.45. The van der Waals surface area contributed by atoms with Crippen LogP contribution in [0, 0.1) is 18.3 Å². The van der Waals surface area contributed by atoms with Gasteiger partial charge in [-0.2, -0.15) is 0 Å². The number of rotatable bonds is 3. The van der Waals surface area contributed by atoms with Crippen molar-refractivity contribution in [3.8, 4) is 12.3 Å². The van der Waals surface area contributed by atoms with Crippen LogP contribution in [0.5, 0.6) is 0 Å². The maximum Gasteiger partial charge on any atom is 0.194 e. The van der Waals surface area contributed by atoms with Crippen LogP contribution in [0.25, 0.3) is 0 Å². The standard InChI is InChI=1S/C15H28OSi/c1-8-15(5,13-11-9-10-12-13)16-17(6,7)14(2,3)4/h1,13H,9-12H2,2-7H3/t15-/m1/s1. The van der Waals surface area contributed by atoms with Gasteiger partial charge in [0.05, 0.1) is 0 Å². The van der Waals surface area contributed by atoms with Gasteiger partial charge >= 0.3 is 0 Å². The molecule has 1 aliphatic carbocycles. The lowest BCUT2D eigenvalue weighted by molar-refractivity contribution is 0.0700. The van der Waals surface area contributed by atoms with Crippen LogP contribution in [-0.4, -0.2) is 13.9 Å². The molecule has 0 aromatic carbocycles. The number of hydrogen-bond acceptors (Lipinski definition) is 1. The molecule has 0 aromatic heterocycles. The smallest absolute Gasteiger partial charge is 0.194 e. The zero-order valence-corrected chi connectivity index (χ0v) is 13.4. The van der Waals surface area contributed by atoms with E-state index in [9.17, 15) is 0 Å². The second-order valence-electron chi connectivity index (χ2n) is 7.10. The molecule has 98 valence electrons. The Bertz CT molecular complexity index is 302. The molecule has 1 rings (SSSR count). The van der Waals surface area contributed by atoms with Crippen molar-refractivity contribution in [1.82, 2.24) is 0 Å². The Morgan fingerprint density at radius 2 is 1.59 bits per heavy atom. The summed E-state index contributed by atoms with van der Waals surface area (Å²) in [6.45, 7) is 13.5. The van der Waals surface area contributed by atoms with Gasteiger partial charge < -0.3 is 4.43 Å². The molecule has 0 bridgehead atoms. The van der Waals surface area contributed by atoms with E-state index >= 15 is 0 Å². The van der Waals surface area contributed by atoms with Crippen LogP contribution in [0.2, 0.25) is 18.1 Å². The van der Waals surface area contributed by atoms with Crippen molar-refractivity contribution < 1.29 is 4.43 Å². The first-order chi connectivity index (χ1) is 7.62. The SMILES string of the molecule is C#C[C@@](C)(O[Si](C)(C)C(C)(C)C)C1CCCC1. The van der Waals surface area contributed by atoms with Gasteiger partial charge in [-0.3, -0.25) is 0 Å². The predicted molar refractivity (Wildman–Crippen MR) is 77.5 cm³/mol. The van der Waals surface area contributed by atoms with Crippen LogP contribution < -0.4 is 0 Å². The van der Waals surface area contributed by atoms with Gasteiger partial charge in [-0.15, -0.1) is 6.42 Å². The van der Waals surface area contributed by atoms with E-state index in [0.29, 0.717) is 5.92 Å². The number of hydrogen-bond donors (Lipinski definition) is 0. The normalized spacial score (nSPS) is 22.2. The van der Waals surface area contributed by atoms with E-state index in [1.54, 1.807) is 0 Å². The molecule has 0 unspecified atom stereocenters. The van der Waals surface area contributed by atoms with Gasteiger partial charge in [0.15, 0.2) is 8.32 Å². The molecule has 0 saturated heterocycles. The third-order valence-electron chi connectivity index (χ3n) is 4.69. The summed E-state index contributed by atoms with van der Waals surface area (Å²) in [7, 11) is -1.77. The van der Waals surface area contributed by atoms with Crippen molar-refractivity contribution in [1.29, 1.82) is 0 Å². The monoisotopic (exact) mass is 252 g/mol. The first kappa shape index (κ1) is 14.8. The van der Waals surface area contributed by atoms with E-state index in [-0.39, 0.29) is 10.6 Å². The van der Waals surface area contributed by atoms with Gasteiger partial charge in [0.25, 0.3) is 0 Å². The zero-order chi connectivity index (χ0) is 13.3. The van der Waals surface area contributed by atoms with Crippen LogP contribution in [0.1, 0.15) is 53.4 Å². The van der Waals surface area contributed by atoms with Gasteiger partial charge in [-0.25, -0.2) is 0 Å².